The molecule has 2 aromatic rings. The van der Waals surface area contributed by atoms with Crippen molar-refractivity contribution in [1.29, 1.82) is 0 Å². The van der Waals surface area contributed by atoms with E-state index in [-0.39, 0.29) is 11.9 Å². The molecule has 0 bridgehead atoms. The highest BCUT2D eigenvalue weighted by Crippen LogP contribution is 2.22. The Morgan fingerprint density at radius 3 is 2.95 bits per heavy atom. The molecule has 1 aromatic carbocycles. The van der Waals surface area contributed by atoms with Crippen LogP contribution in [0.4, 0.5) is 5.95 Å². The van der Waals surface area contributed by atoms with Gasteiger partial charge in [0, 0.05) is 5.02 Å². The lowest BCUT2D eigenvalue weighted by Crippen LogP contribution is -2.30. The number of amides is 1. The molecule has 0 saturated heterocycles. The van der Waals surface area contributed by atoms with Gasteiger partial charge in [0.15, 0.2) is 6.10 Å². The van der Waals surface area contributed by atoms with E-state index >= 15 is 0 Å². The average Bonchev–Trinajstić information content (AvgIpc) is 2.85. The summed E-state index contributed by atoms with van der Waals surface area (Å²) in [5.41, 5.74) is 0.867. The van der Waals surface area contributed by atoms with Gasteiger partial charge in [-0.3, -0.25) is 10.1 Å². The summed E-state index contributed by atoms with van der Waals surface area (Å²) in [5.74, 6) is 0.587. The SMILES string of the molecule is Cc1cc(Cl)ccc1O[C@H](C)C(=O)Nc1ncn[nH]1. The molecular formula is C12H13ClN4O2. The number of aromatic amines is 1. The van der Waals surface area contributed by atoms with Crippen LogP contribution in [0.5, 0.6) is 5.75 Å². The van der Waals surface area contributed by atoms with Gasteiger partial charge in [-0.2, -0.15) is 10.1 Å². The Hall–Kier alpha value is -2.08. The Labute approximate surface area is 115 Å². The molecule has 0 saturated carbocycles. The first-order valence-electron chi connectivity index (χ1n) is 5.65. The third-order valence-corrected chi connectivity index (χ3v) is 2.70. The Balaban J connectivity index is 2.00. The molecule has 7 heteroatoms. The molecule has 0 fully saturated rings. The Morgan fingerprint density at radius 2 is 2.32 bits per heavy atom. The summed E-state index contributed by atoms with van der Waals surface area (Å²) in [6.45, 7) is 3.52. The van der Waals surface area contributed by atoms with Gasteiger partial charge in [-0.1, -0.05) is 11.6 Å². The number of hydrogen-bond acceptors (Lipinski definition) is 4. The first-order chi connectivity index (χ1) is 9.06. The monoisotopic (exact) mass is 280 g/mol. The quantitative estimate of drug-likeness (QED) is 0.899. The number of carbonyl (C=O) groups excluding carboxylic acids is 1. The van der Waals surface area contributed by atoms with E-state index in [4.69, 9.17) is 16.3 Å². The van der Waals surface area contributed by atoms with Crippen molar-refractivity contribution < 1.29 is 9.53 Å². The van der Waals surface area contributed by atoms with Crippen LogP contribution in [0.15, 0.2) is 24.5 Å². The molecule has 1 heterocycles. The summed E-state index contributed by atoms with van der Waals surface area (Å²) < 4.78 is 5.58. The molecule has 100 valence electrons. The fourth-order valence-corrected chi connectivity index (χ4v) is 1.70. The lowest BCUT2D eigenvalue weighted by atomic mass is 10.2. The second-order valence-electron chi connectivity index (χ2n) is 3.99. The van der Waals surface area contributed by atoms with Crippen molar-refractivity contribution >= 4 is 23.5 Å². The Bertz CT molecular complexity index is 571. The van der Waals surface area contributed by atoms with Crippen LogP contribution < -0.4 is 10.1 Å². The van der Waals surface area contributed by atoms with Crippen LogP contribution in [0.2, 0.25) is 5.02 Å². The number of nitrogens with zero attached hydrogens (tertiary/aromatic N) is 2. The molecule has 6 nitrogen and oxygen atoms in total. The molecule has 0 aliphatic carbocycles. The Morgan fingerprint density at radius 1 is 1.53 bits per heavy atom. The van der Waals surface area contributed by atoms with Crippen molar-refractivity contribution in [1.82, 2.24) is 15.2 Å². The number of rotatable bonds is 4. The van der Waals surface area contributed by atoms with Crippen LogP contribution in [0.3, 0.4) is 0 Å². The van der Waals surface area contributed by atoms with Gasteiger partial charge in [-0.25, -0.2) is 5.10 Å². The van der Waals surface area contributed by atoms with Gasteiger partial charge in [-0.05, 0) is 37.6 Å². The second kappa shape index (κ2) is 5.71. The summed E-state index contributed by atoms with van der Waals surface area (Å²) >= 11 is 5.86. The molecule has 2 N–H and O–H groups in total. The summed E-state index contributed by atoms with van der Waals surface area (Å²) in [7, 11) is 0. The number of halogens is 1. The van der Waals surface area contributed by atoms with E-state index in [9.17, 15) is 4.79 Å². The number of aryl methyl sites for hydroxylation is 1. The van der Waals surface area contributed by atoms with E-state index < -0.39 is 6.10 Å². The number of benzene rings is 1. The van der Waals surface area contributed by atoms with E-state index in [2.05, 4.69) is 20.5 Å². The van der Waals surface area contributed by atoms with Crippen LogP contribution in [0.1, 0.15) is 12.5 Å². The van der Waals surface area contributed by atoms with E-state index in [0.29, 0.717) is 10.8 Å². The normalized spacial score (nSPS) is 11.9. The minimum absolute atomic E-state index is 0.285. The molecule has 0 spiro atoms. The largest absolute Gasteiger partial charge is 0.481 e. The zero-order chi connectivity index (χ0) is 13.8. The van der Waals surface area contributed by atoms with Crippen molar-refractivity contribution in [2.45, 2.75) is 20.0 Å². The van der Waals surface area contributed by atoms with Gasteiger partial charge in [-0.15, -0.1) is 0 Å². The van der Waals surface area contributed by atoms with Crippen LogP contribution in [-0.2, 0) is 4.79 Å². The molecule has 1 atom stereocenters. The molecule has 19 heavy (non-hydrogen) atoms. The minimum Gasteiger partial charge on any atom is -0.481 e. The van der Waals surface area contributed by atoms with E-state index in [1.54, 1.807) is 25.1 Å². The first-order valence-corrected chi connectivity index (χ1v) is 6.03. The molecule has 1 amide bonds. The highest BCUT2D eigenvalue weighted by Gasteiger charge is 2.16. The predicted octanol–water partition coefficient (Wildman–Crippen LogP) is 2.17. The smallest absolute Gasteiger partial charge is 0.267 e. The van der Waals surface area contributed by atoms with Crippen LogP contribution >= 0.6 is 11.6 Å². The van der Waals surface area contributed by atoms with Crippen molar-refractivity contribution in [3.8, 4) is 5.75 Å². The van der Waals surface area contributed by atoms with E-state index in [1.165, 1.54) is 6.33 Å². The number of carbonyl (C=O) groups is 1. The fourth-order valence-electron chi connectivity index (χ4n) is 1.47. The lowest BCUT2D eigenvalue weighted by Gasteiger charge is -2.15. The highest BCUT2D eigenvalue weighted by molar-refractivity contribution is 6.30. The summed E-state index contributed by atoms with van der Waals surface area (Å²) in [6, 6.07) is 5.22. The maximum atomic E-state index is 11.8. The van der Waals surface area contributed by atoms with Crippen molar-refractivity contribution in [2.24, 2.45) is 0 Å². The molecular weight excluding hydrogens is 268 g/mol. The lowest BCUT2D eigenvalue weighted by molar-refractivity contribution is -0.122. The zero-order valence-corrected chi connectivity index (χ0v) is 11.2. The molecule has 0 aliphatic rings. The topological polar surface area (TPSA) is 79.9 Å². The zero-order valence-electron chi connectivity index (χ0n) is 10.5. The molecule has 2 rings (SSSR count). The number of ether oxygens (including phenoxy) is 1. The third-order valence-electron chi connectivity index (χ3n) is 2.47. The number of aromatic nitrogens is 3. The number of hydrogen-bond donors (Lipinski definition) is 2. The van der Waals surface area contributed by atoms with Gasteiger partial charge in [0.2, 0.25) is 5.95 Å². The first kappa shape index (κ1) is 13.4. The summed E-state index contributed by atoms with van der Waals surface area (Å²) in [5, 5.41) is 9.36. The maximum Gasteiger partial charge on any atom is 0.267 e. The third kappa shape index (κ3) is 3.45. The van der Waals surface area contributed by atoms with Gasteiger partial charge in [0.1, 0.15) is 12.1 Å². The number of nitrogens with one attached hydrogen (secondary N) is 2. The molecule has 0 aliphatic heterocycles. The predicted molar refractivity (Wildman–Crippen MR) is 71.3 cm³/mol. The highest BCUT2D eigenvalue weighted by atomic mass is 35.5. The number of H-pyrrole nitrogens is 1. The van der Waals surface area contributed by atoms with Crippen molar-refractivity contribution in [3.05, 3.63) is 35.1 Å². The Kier molecular flexibility index (Phi) is 4.01. The molecule has 0 unspecified atom stereocenters. The summed E-state index contributed by atoms with van der Waals surface area (Å²) in [6.07, 6.45) is 0.648. The summed E-state index contributed by atoms with van der Waals surface area (Å²) in [4.78, 5) is 15.6. The van der Waals surface area contributed by atoms with E-state index in [0.717, 1.165) is 5.56 Å². The van der Waals surface area contributed by atoms with E-state index in [1.807, 2.05) is 6.92 Å². The standard InChI is InChI=1S/C12H13ClN4O2/c1-7-5-9(13)3-4-10(7)19-8(2)11(18)16-12-14-6-15-17-12/h3-6,8H,1-2H3,(H2,14,15,16,17,18)/t8-/m1/s1. The van der Waals surface area contributed by atoms with Crippen LogP contribution in [0.25, 0.3) is 0 Å². The van der Waals surface area contributed by atoms with Crippen molar-refractivity contribution in [3.63, 3.8) is 0 Å². The van der Waals surface area contributed by atoms with Crippen LogP contribution in [0, 0.1) is 6.92 Å². The number of anilines is 1. The molecule has 1 aromatic heterocycles. The van der Waals surface area contributed by atoms with Gasteiger partial charge < -0.3 is 4.74 Å². The fraction of sp³-hybridized carbons (Fsp3) is 0.250. The molecule has 0 radical (unpaired) electrons. The van der Waals surface area contributed by atoms with Gasteiger partial charge in [0.25, 0.3) is 5.91 Å². The maximum absolute atomic E-state index is 11.8. The average molecular weight is 281 g/mol. The minimum atomic E-state index is -0.662. The second-order valence-corrected chi connectivity index (χ2v) is 4.43. The van der Waals surface area contributed by atoms with Gasteiger partial charge in [0.05, 0.1) is 0 Å². The van der Waals surface area contributed by atoms with Crippen molar-refractivity contribution in [2.75, 3.05) is 5.32 Å². The van der Waals surface area contributed by atoms with Gasteiger partial charge >= 0.3 is 0 Å². The van der Waals surface area contributed by atoms with Crippen LogP contribution in [-0.4, -0.2) is 27.2 Å².